The predicted molar refractivity (Wildman–Crippen MR) is 136 cm³/mol. The number of imide groups is 1. The SMILES string of the molecule is COc1cc(/C=C2\SC(=O)N(CCOc3ccc(Cl)cc3)C2=O)ccc1OCC(=O)N1CCOCC1. The van der Waals surface area contributed by atoms with Crippen LogP contribution >= 0.6 is 23.4 Å². The van der Waals surface area contributed by atoms with Gasteiger partial charge in [-0.05, 0) is 59.8 Å². The summed E-state index contributed by atoms with van der Waals surface area (Å²) in [4.78, 5) is 40.7. The molecule has 2 aromatic rings. The Kier molecular flexibility index (Phi) is 8.74. The number of ether oxygens (including phenoxy) is 4. The van der Waals surface area contributed by atoms with Crippen molar-refractivity contribution >= 4 is 46.5 Å². The second kappa shape index (κ2) is 12.2. The Morgan fingerprint density at radius 2 is 1.83 bits per heavy atom. The summed E-state index contributed by atoms with van der Waals surface area (Å²) in [6.45, 7) is 2.29. The molecule has 36 heavy (non-hydrogen) atoms. The zero-order valence-corrected chi connectivity index (χ0v) is 21.2. The van der Waals surface area contributed by atoms with Crippen LogP contribution in [0.1, 0.15) is 5.56 Å². The lowest BCUT2D eigenvalue weighted by Crippen LogP contribution is -2.43. The number of benzene rings is 2. The molecule has 2 fully saturated rings. The molecule has 11 heteroatoms. The van der Waals surface area contributed by atoms with Crippen molar-refractivity contribution in [1.82, 2.24) is 9.80 Å². The van der Waals surface area contributed by atoms with E-state index in [1.54, 1.807) is 53.4 Å². The third kappa shape index (κ3) is 6.51. The van der Waals surface area contributed by atoms with Crippen molar-refractivity contribution in [2.24, 2.45) is 0 Å². The Bertz CT molecular complexity index is 1150. The van der Waals surface area contributed by atoms with E-state index >= 15 is 0 Å². The van der Waals surface area contributed by atoms with Gasteiger partial charge in [-0.25, -0.2) is 0 Å². The number of amides is 3. The summed E-state index contributed by atoms with van der Waals surface area (Å²) in [5.41, 5.74) is 0.654. The molecule has 0 unspecified atom stereocenters. The summed E-state index contributed by atoms with van der Waals surface area (Å²) in [5, 5.41) is 0.232. The minimum atomic E-state index is -0.389. The van der Waals surface area contributed by atoms with E-state index in [0.717, 1.165) is 16.7 Å². The van der Waals surface area contributed by atoms with Crippen molar-refractivity contribution in [3.8, 4) is 17.2 Å². The molecule has 2 heterocycles. The van der Waals surface area contributed by atoms with E-state index in [1.165, 1.54) is 7.11 Å². The normalized spacial score (nSPS) is 17.0. The molecule has 0 saturated carbocycles. The van der Waals surface area contributed by atoms with Crippen LogP contribution in [0.25, 0.3) is 6.08 Å². The maximum absolute atomic E-state index is 12.8. The van der Waals surface area contributed by atoms with E-state index in [2.05, 4.69) is 0 Å². The first-order valence-electron chi connectivity index (χ1n) is 11.2. The molecule has 0 aliphatic carbocycles. The van der Waals surface area contributed by atoms with Gasteiger partial charge in [0.05, 0.1) is 31.8 Å². The van der Waals surface area contributed by atoms with E-state index in [9.17, 15) is 14.4 Å². The number of rotatable bonds is 9. The van der Waals surface area contributed by atoms with Gasteiger partial charge < -0.3 is 23.8 Å². The van der Waals surface area contributed by atoms with Gasteiger partial charge in [0, 0.05) is 18.1 Å². The highest BCUT2D eigenvalue weighted by Crippen LogP contribution is 2.34. The quantitative estimate of drug-likeness (QED) is 0.451. The van der Waals surface area contributed by atoms with E-state index in [1.807, 2.05) is 0 Å². The molecular formula is C25H25ClN2O7S. The molecule has 0 radical (unpaired) electrons. The molecule has 0 N–H and O–H groups in total. The molecule has 9 nitrogen and oxygen atoms in total. The second-order valence-corrected chi connectivity index (χ2v) is 9.26. The van der Waals surface area contributed by atoms with Crippen molar-refractivity contribution in [3.63, 3.8) is 0 Å². The summed E-state index contributed by atoms with van der Waals surface area (Å²) >= 11 is 6.72. The standard InChI is InChI=1S/C25H25ClN2O7S/c1-32-21-14-17(2-7-20(21)35-16-23(29)27-8-11-33-12-9-27)15-22-24(30)28(25(31)36-22)10-13-34-19-5-3-18(26)4-6-19/h2-7,14-15H,8-13,16H2,1H3/b22-15-. The first kappa shape index (κ1) is 25.9. The van der Waals surface area contributed by atoms with Crippen LogP contribution in [0.5, 0.6) is 17.2 Å². The fraction of sp³-hybridized carbons (Fsp3) is 0.320. The lowest BCUT2D eigenvalue weighted by molar-refractivity contribution is -0.137. The predicted octanol–water partition coefficient (Wildman–Crippen LogP) is 3.70. The number of carbonyl (C=O) groups is 3. The largest absolute Gasteiger partial charge is 0.493 e. The Hall–Kier alpha value is -3.21. The lowest BCUT2D eigenvalue weighted by Gasteiger charge is -2.26. The summed E-state index contributed by atoms with van der Waals surface area (Å²) < 4.78 is 21.9. The summed E-state index contributed by atoms with van der Waals surface area (Å²) in [6.07, 6.45) is 1.62. The van der Waals surface area contributed by atoms with Crippen molar-refractivity contribution in [2.75, 3.05) is 53.2 Å². The number of hydrogen-bond acceptors (Lipinski definition) is 8. The first-order valence-corrected chi connectivity index (χ1v) is 12.4. The van der Waals surface area contributed by atoms with Gasteiger partial charge in [-0.1, -0.05) is 17.7 Å². The van der Waals surface area contributed by atoms with Crippen LogP contribution in [-0.4, -0.2) is 80.0 Å². The topological polar surface area (TPSA) is 94.6 Å². The van der Waals surface area contributed by atoms with Crippen molar-refractivity contribution in [1.29, 1.82) is 0 Å². The van der Waals surface area contributed by atoms with Crippen LogP contribution in [0, 0.1) is 0 Å². The van der Waals surface area contributed by atoms with E-state index in [4.69, 9.17) is 30.5 Å². The third-order valence-corrected chi connectivity index (χ3v) is 6.63. The highest BCUT2D eigenvalue weighted by Gasteiger charge is 2.34. The van der Waals surface area contributed by atoms with Gasteiger partial charge in [0.1, 0.15) is 12.4 Å². The number of thioether (sulfide) groups is 1. The second-order valence-electron chi connectivity index (χ2n) is 7.83. The maximum Gasteiger partial charge on any atom is 0.293 e. The van der Waals surface area contributed by atoms with Crippen LogP contribution < -0.4 is 14.2 Å². The van der Waals surface area contributed by atoms with Gasteiger partial charge in [0.15, 0.2) is 18.1 Å². The number of methoxy groups -OCH3 is 1. The van der Waals surface area contributed by atoms with Gasteiger partial charge in [-0.15, -0.1) is 0 Å². The monoisotopic (exact) mass is 532 g/mol. The van der Waals surface area contributed by atoms with Gasteiger partial charge in [-0.2, -0.15) is 0 Å². The Balaban J connectivity index is 1.35. The first-order chi connectivity index (χ1) is 17.4. The van der Waals surface area contributed by atoms with E-state index in [-0.39, 0.29) is 36.8 Å². The van der Waals surface area contributed by atoms with Gasteiger partial charge in [0.2, 0.25) is 0 Å². The average Bonchev–Trinajstić information content (AvgIpc) is 3.16. The number of halogens is 1. The summed E-state index contributed by atoms with van der Waals surface area (Å²) in [6, 6.07) is 11.9. The number of nitrogens with zero attached hydrogens (tertiary/aromatic N) is 2. The van der Waals surface area contributed by atoms with Crippen LogP contribution in [0.3, 0.4) is 0 Å². The highest BCUT2D eigenvalue weighted by molar-refractivity contribution is 8.18. The van der Waals surface area contributed by atoms with Gasteiger partial charge in [-0.3, -0.25) is 19.3 Å². The Morgan fingerprint density at radius 1 is 1.08 bits per heavy atom. The molecule has 2 aliphatic rings. The van der Waals surface area contributed by atoms with Crippen LogP contribution in [0.4, 0.5) is 4.79 Å². The van der Waals surface area contributed by atoms with Gasteiger partial charge >= 0.3 is 0 Å². The lowest BCUT2D eigenvalue weighted by atomic mass is 10.2. The summed E-state index contributed by atoms with van der Waals surface area (Å²) in [5.74, 6) is 0.902. The summed E-state index contributed by atoms with van der Waals surface area (Å²) in [7, 11) is 1.49. The molecule has 0 atom stereocenters. The number of carbonyl (C=O) groups excluding carboxylic acids is 3. The fourth-order valence-electron chi connectivity index (χ4n) is 3.57. The molecule has 0 aromatic heterocycles. The van der Waals surface area contributed by atoms with Crippen LogP contribution in [0.15, 0.2) is 47.4 Å². The molecule has 0 bridgehead atoms. The minimum absolute atomic E-state index is 0.118. The number of morpholine rings is 1. The average molecular weight is 533 g/mol. The van der Waals surface area contributed by atoms with Crippen molar-refractivity contribution in [3.05, 3.63) is 58.0 Å². The zero-order chi connectivity index (χ0) is 25.5. The van der Waals surface area contributed by atoms with E-state index in [0.29, 0.717) is 59.0 Å². The number of hydrogen-bond donors (Lipinski definition) is 0. The zero-order valence-electron chi connectivity index (χ0n) is 19.6. The molecule has 2 aromatic carbocycles. The molecular weight excluding hydrogens is 508 g/mol. The molecule has 4 rings (SSSR count). The molecule has 190 valence electrons. The molecule has 2 saturated heterocycles. The van der Waals surface area contributed by atoms with E-state index < -0.39 is 0 Å². The molecule has 2 aliphatic heterocycles. The Labute approximate surface area is 217 Å². The van der Waals surface area contributed by atoms with Crippen LogP contribution in [0.2, 0.25) is 5.02 Å². The minimum Gasteiger partial charge on any atom is -0.493 e. The molecule has 0 spiro atoms. The highest BCUT2D eigenvalue weighted by atomic mass is 35.5. The van der Waals surface area contributed by atoms with Crippen molar-refractivity contribution in [2.45, 2.75) is 0 Å². The van der Waals surface area contributed by atoms with Crippen molar-refractivity contribution < 1.29 is 33.3 Å². The maximum atomic E-state index is 12.8. The third-order valence-electron chi connectivity index (χ3n) is 5.47. The van der Waals surface area contributed by atoms with Gasteiger partial charge in [0.25, 0.3) is 17.1 Å². The Morgan fingerprint density at radius 3 is 2.56 bits per heavy atom. The van der Waals surface area contributed by atoms with Crippen LogP contribution in [-0.2, 0) is 14.3 Å². The molecule has 3 amide bonds. The smallest absolute Gasteiger partial charge is 0.293 e. The fourth-order valence-corrected chi connectivity index (χ4v) is 4.56.